The maximum absolute atomic E-state index is 13.5. The molecular weight excluding hydrogens is 439 g/mol. The van der Waals surface area contributed by atoms with E-state index >= 15 is 0 Å². The van der Waals surface area contributed by atoms with Gasteiger partial charge in [0.1, 0.15) is 11.4 Å². The molecule has 1 aromatic carbocycles. The van der Waals surface area contributed by atoms with E-state index in [1.807, 2.05) is 6.92 Å². The van der Waals surface area contributed by atoms with E-state index in [1.54, 1.807) is 23.1 Å². The topological polar surface area (TPSA) is 98.1 Å². The number of alkyl halides is 3. The SMILES string of the molecule is COc1ccc(C(=O)N2CCC[C@@H](Nc3ncc(C(F)(F)F)cn3)[C@@H]2C)c(-n2nccn2)c1. The van der Waals surface area contributed by atoms with Crippen molar-refractivity contribution in [3.05, 3.63) is 54.1 Å². The van der Waals surface area contributed by atoms with Gasteiger partial charge in [-0.1, -0.05) is 0 Å². The van der Waals surface area contributed by atoms with Crippen molar-refractivity contribution >= 4 is 11.9 Å². The van der Waals surface area contributed by atoms with Crippen LogP contribution in [-0.4, -0.2) is 61.5 Å². The first-order valence-corrected chi connectivity index (χ1v) is 10.3. The van der Waals surface area contributed by atoms with E-state index in [4.69, 9.17) is 4.74 Å². The summed E-state index contributed by atoms with van der Waals surface area (Å²) >= 11 is 0. The van der Waals surface area contributed by atoms with E-state index in [-0.39, 0.29) is 23.9 Å². The fraction of sp³-hybridized carbons (Fsp3) is 0.381. The van der Waals surface area contributed by atoms with Gasteiger partial charge in [0.25, 0.3) is 5.91 Å². The largest absolute Gasteiger partial charge is 0.497 e. The van der Waals surface area contributed by atoms with Crippen LogP contribution in [0.4, 0.5) is 19.1 Å². The van der Waals surface area contributed by atoms with Gasteiger partial charge >= 0.3 is 6.18 Å². The summed E-state index contributed by atoms with van der Waals surface area (Å²) in [5, 5.41) is 11.3. The van der Waals surface area contributed by atoms with Gasteiger partial charge in [-0.05, 0) is 31.9 Å². The predicted octanol–water partition coefficient (Wildman–Crippen LogP) is 3.19. The van der Waals surface area contributed by atoms with Gasteiger partial charge in [-0.15, -0.1) is 0 Å². The number of nitrogens with zero attached hydrogens (tertiary/aromatic N) is 6. The number of carbonyl (C=O) groups is 1. The highest BCUT2D eigenvalue weighted by Gasteiger charge is 2.34. The Morgan fingerprint density at radius 3 is 2.52 bits per heavy atom. The van der Waals surface area contributed by atoms with Gasteiger partial charge in [-0.25, -0.2) is 9.97 Å². The van der Waals surface area contributed by atoms with Gasteiger partial charge in [-0.2, -0.15) is 28.2 Å². The van der Waals surface area contributed by atoms with E-state index in [9.17, 15) is 18.0 Å². The number of anilines is 1. The second-order valence-corrected chi connectivity index (χ2v) is 7.63. The van der Waals surface area contributed by atoms with Crippen molar-refractivity contribution in [2.45, 2.75) is 38.0 Å². The number of rotatable bonds is 5. The van der Waals surface area contributed by atoms with Gasteiger partial charge in [0, 0.05) is 37.1 Å². The summed E-state index contributed by atoms with van der Waals surface area (Å²) in [5.41, 5.74) is -0.0243. The number of carbonyl (C=O) groups excluding carboxylic acids is 1. The molecule has 0 unspecified atom stereocenters. The molecule has 0 bridgehead atoms. The molecule has 1 saturated heterocycles. The van der Waals surface area contributed by atoms with Gasteiger partial charge in [0.2, 0.25) is 5.95 Å². The number of nitrogens with one attached hydrogen (secondary N) is 1. The lowest BCUT2D eigenvalue weighted by atomic mass is 9.96. The minimum atomic E-state index is -4.50. The number of halogens is 3. The standard InChI is InChI=1S/C21H22F3N7O2/c1-13-17(29-20-25-11-14(12-26-20)21(22,23)24)4-3-9-30(13)19(32)16-6-5-15(33-2)10-18(16)31-27-7-8-28-31/h5-8,10-13,17H,3-4,9H2,1-2H3,(H,25,26,29)/t13-,17+/m0/s1. The van der Waals surface area contributed by atoms with Crippen LogP contribution in [0.15, 0.2) is 43.0 Å². The third kappa shape index (κ3) is 4.73. The zero-order chi connectivity index (χ0) is 23.6. The first-order valence-electron chi connectivity index (χ1n) is 10.3. The zero-order valence-corrected chi connectivity index (χ0v) is 18.0. The van der Waals surface area contributed by atoms with Crippen LogP contribution in [0.3, 0.4) is 0 Å². The van der Waals surface area contributed by atoms with Crippen LogP contribution in [0, 0.1) is 0 Å². The van der Waals surface area contributed by atoms with Crippen LogP contribution >= 0.6 is 0 Å². The average molecular weight is 461 g/mol. The van der Waals surface area contributed by atoms with Crippen LogP contribution in [-0.2, 0) is 6.18 Å². The maximum Gasteiger partial charge on any atom is 0.419 e. The molecule has 174 valence electrons. The number of aromatic nitrogens is 5. The van der Waals surface area contributed by atoms with Crippen molar-refractivity contribution in [3.8, 4) is 11.4 Å². The number of ether oxygens (including phenoxy) is 1. The second kappa shape index (κ2) is 9.04. The van der Waals surface area contributed by atoms with Crippen LogP contribution in [0.25, 0.3) is 5.69 Å². The maximum atomic E-state index is 13.5. The summed E-state index contributed by atoms with van der Waals surface area (Å²) in [6.07, 6.45) is 1.44. The van der Waals surface area contributed by atoms with Gasteiger partial charge in [-0.3, -0.25) is 4.79 Å². The van der Waals surface area contributed by atoms with Crippen molar-refractivity contribution in [3.63, 3.8) is 0 Å². The molecule has 1 N–H and O–H groups in total. The molecule has 0 saturated carbocycles. The Kier molecular flexibility index (Phi) is 6.16. The Hall–Kier alpha value is -3.70. The average Bonchev–Trinajstić information content (AvgIpc) is 3.34. The Bertz CT molecular complexity index is 1100. The lowest BCUT2D eigenvalue weighted by Crippen LogP contribution is -2.52. The molecule has 0 spiro atoms. The highest BCUT2D eigenvalue weighted by atomic mass is 19.4. The molecule has 2 aromatic heterocycles. The van der Waals surface area contributed by atoms with Crippen molar-refractivity contribution in [1.29, 1.82) is 0 Å². The minimum Gasteiger partial charge on any atom is -0.497 e. The van der Waals surface area contributed by atoms with Crippen LogP contribution in [0.2, 0.25) is 0 Å². The molecule has 1 fully saturated rings. The van der Waals surface area contributed by atoms with Crippen LogP contribution < -0.4 is 10.1 Å². The summed E-state index contributed by atoms with van der Waals surface area (Å²) in [6, 6.07) is 4.55. The zero-order valence-electron chi connectivity index (χ0n) is 18.0. The number of benzene rings is 1. The van der Waals surface area contributed by atoms with E-state index in [1.165, 1.54) is 24.3 Å². The molecular formula is C21H22F3N7O2. The number of likely N-dealkylation sites (tertiary alicyclic amines) is 1. The molecule has 3 aromatic rings. The smallest absolute Gasteiger partial charge is 0.419 e. The second-order valence-electron chi connectivity index (χ2n) is 7.63. The van der Waals surface area contributed by atoms with Crippen molar-refractivity contribution in [2.24, 2.45) is 0 Å². The quantitative estimate of drug-likeness (QED) is 0.623. The molecule has 0 aliphatic carbocycles. The van der Waals surface area contributed by atoms with Crippen molar-refractivity contribution in [1.82, 2.24) is 29.9 Å². The molecule has 0 radical (unpaired) electrons. The van der Waals surface area contributed by atoms with Crippen molar-refractivity contribution < 1.29 is 22.7 Å². The normalized spacial score (nSPS) is 18.8. The molecule has 4 rings (SSSR count). The first-order chi connectivity index (χ1) is 15.8. The number of amides is 1. The lowest BCUT2D eigenvalue weighted by Gasteiger charge is -2.40. The summed E-state index contributed by atoms with van der Waals surface area (Å²) < 4.78 is 43.6. The Morgan fingerprint density at radius 2 is 1.88 bits per heavy atom. The van der Waals surface area contributed by atoms with E-state index < -0.39 is 11.7 Å². The van der Waals surface area contributed by atoms with Crippen molar-refractivity contribution in [2.75, 3.05) is 19.0 Å². The summed E-state index contributed by atoms with van der Waals surface area (Å²) in [6.45, 7) is 2.41. The minimum absolute atomic E-state index is 0.0834. The first kappa shape index (κ1) is 22.5. The van der Waals surface area contributed by atoms with Crippen LogP contribution in [0.5, 0.6) is 5.75 Å². The molecule has 3 heterocycles. The summed E-state index contributed by atoms with van der Waals surface area (Å²) in [5.74, 6) is 0.432. The van der Waals surface area contributed by atoms with Crippen LogP contribution in [0.1, 0.15) is 35.7 Å². The van der Waals surface area contributed by atoms with Gasteiger partial charge in [0.15, 0.2) is 0 Å². The number of hydrogen-bond acceptors (Lipinski definition) is 7. The Balaban J connectivity index is 1.55. The van der Waals surface area contributed by atoms with Gasteiger partial charge in [0.05, 0.1) is 30.6 Å². The van der Waals surface area contributed by atoms with E-state index in [0.717, 1.165) is 12.4 Å². The monoisotopic (exact) mass is 461 g/mol. The number of hydrogen-bond donors (Lipinski definition) is 1. The molecule has 2 atom stereocenters. The Morgan fingerprint density at radius 1 is 1.18 bits per heavy atom. The summed E-state index contributed by atoms with van der Waals surface area (Å²) in [7, 11) is 1.53. The highest BCUT2D eigenvalue weighted by molar-refractivity contribution is 5.98. The molecule has 1 aliphatic rings. The molecule has 33 heavy (non-hydrogen) atoms. The third-order valence-electron chi connectivity index (χ3n) is 5.61. The molecule has 1 amide bonds. The Labute approximate surface area is 187 Å². The van der Waals surface area contributed by atoms with Gasteiger partial charge < -0.3 is 15.0 Å². The molecule has 12 heteroatoms. The number of methoxy groups -OCH3 is 1. The summed E-state index contributed by atoms with van der Waals surface area (Å²) in [4.78, 5) is 24.2. The van der Waals surface area contributed by atoms with E-state index in [0.29, 0.717) is 36.4 Å². The third-order valence-corrected chi connectivity index (χ3v) is 5.61. The highest BCUT2D eigenvalue weighted by Crippen LogP contribution is 2.29. The van der Waals surface area contributed by atoms with E-state index in [2.05, 4.69) is 25.5 Å². The fourth-order valence-electron chi connectivity index (χ4n) is 3.82. The predicted molar refractivity (Wildman–Crippen MR) is 112 cm³/mol. The lowest BCUT2D eigenvalue weighted by molar-refractivity contribution is -0.138. The fourth-order valence-corrected chi connectivity index (χ4v) is 3.82. The number of piperidine rings is 1. The molecule has 9 nitrogen and oxygen atoms in total. The molecule has 1 aliphatic heterocycles.